The van der Waals surface area contributed by atoms with Gasteiger partial charge in [0.2, 0.25) is 12.0 Å². The fourth-order valence-electron chi connectivity index (χ4n) is 0.728. The molecule has 0 spiro atoms. The quantitative estimate of drug-likeness (QED) is 0.433. The Hall–Kier alpha value is -1.09. The van der Waals surface area contributed by atoms with Gasteiger partial charge in [-0.05, 0) is 0 Å². The lowest BCUT2D eigenvalue weighted by atomic mass is 10.5. The van der Waals surface area contributed by atoms with Gasteiger partial charge >= 0.3 is 0 Å². The molecule has 3 nitrogen and oxygen atoms in total. The second kappa shape index (κ2) is 1.20. The van der Waals surface area contributed by atoms with E-state index in [0.717, 1.165) is 10.8 Å². The van der Waals surface area contributed by atoms with Crippen LogP contribution < -0.4 is 5.06 Å². The van der Waals surface area contributed by atoms with Gasteiger partial charge in [-0.25, -0.2) is 4.99 Å². The highest BCUT2D eigenvalue weighted by atomic mass is 16.7. The maximum absolute atomic E-state index is 5.00. The SMILES string of the molecule is C1=CC2=CN=C[NH+]2O1. The standard InChI is InChI=1S/C5H4N2O/c1-2-8-7-4-6-3-5(1)7/h1-4H/p+1. The Balaban J connectivity index is 2.39. The Kier molecular flexibility index (Phi) is 0.577. The van der Waals surface area contributed by atoms with Crippen LogP contribution in [0.4, 0.5) is 0 Å². The Morgan fingerprint density at radius 3 is 3.50 bits per heavy atom. The molecule has 3 heteroatoms. The molecule has 0 bridgehead atoms. The molecule has 0 fully saturated rings. The van der Waals surface area contributed by atoms with Gasteiger partial charge in [0, 0.05) is 6.08 Å². The number of allylic oxidation sites excluding steroid dienone is 1. The van der Waals surface area contributed by atoms with Crippen LogP contribution >= 0.6 is 0 Å². The van der Waals surface area contributed by atoms with E-state index in [1.54, 1.807) is 18.8 Å². The lowest BCUT2D eigenvalue weighted by Gasteiger charge is -1.96. The van der Waals surface area contributed by atoms with Crippen LogP contribution in [-0.2, 0) is 4.84 Å². The summed E-state index contributed by atoms with van der Waals surface area (Å²) in [5.74, 6) is 0. The first kappa shape index (κ1) is 3.86. The van der Waals surface area contributed by atoms with Crippen LogP contribution in [-0.4, -0.2) is 6.34 Å². The molecule has 1 atom stereocenters. The predicted molar refractivity (Wildman–Crippen MR) is 27.8 cm³/mol. The molecule has 2 aliphatic heterocycles. The number of hydrogen-bond donors (Lipinski definition) is 1. The molecule has 0 amide bonds. The average Bonchev–Trinajstić information content (AvgIpc) is 2.15. The van der Waals surface area contributed by atoms with Crippen molar-refractivity contribution in [3.63, 3.8) is 0 Å². The molecule has 1 unspecified atom stereocenters. The van der Waals surface area contributed by atoms with E-state index in [0.29, 0.717) is 0 Å². The van der Waals surface area contributed by atoms with Crippen molar-refractivity contribution < 1.29 is 9.90 Å². The molecule has 40 valence electrons. The second-order valence-electron chi connectivity index (χ2n) is 1.65. The van der Waals surface area contributed by atoms with E-state index in [-0.39, 0.29) is 0 Å². The van der Waals surface area contributed by atoms with Crippen molar-refractivity contribution >= 4 is 6.34 Å². The summed E-state index contributed by atoms with van der Waals surface area (Å²) < 4.78 is 0. The third-order valence-corrected chi connectivity index (χ3v) is 1.13. The van der Waals surface area contributed by atoms with Gasteiger partial charge in [-0.15, -0.1) is 0 Å². The molecule has 0 radical (unpaired) electrons. The van der Waals surface area contributed by atoms with E-state index in [2.05, 4.69) is 4.99 Å². The number of quaternary nitrogens is 1. The third-order valence-electron chi connectivity index (χ3n) is 1.13. The Morgan fingerprint density at radius 2 is 2.62 bits per heavy atom. The number of fused-ring (bicyclic) bond motifs is 1. The summed E-state index contributed by atoms with van der Waals surface area (Å²) in [6.45, 7) is 0. The van der Waals surface area contributed by atoms with Gasteiger partial charge in [-0.1, -0.05) is 5.06 Å². The Morgan fingerprint density at radius 1 is 1.62 bits per heavy atom. The molecule has 1 N–H and O–H groups in total. The predicted octanol–water partition coefficient (Wildman–Crippen LogP) is -0.787. The molecule has 0 aromatic carbocycles. The molecule has 0 aromatic heterocycles. The fourth-order valence-corrected chi connectivity index (χ4v) is 0.728. The van der Waals surface area contributed by atoms with E-state index in [1.807, 2.05) is 6.08 Å². The highest BCUT2D eigenvalue weighted by Crippen LogP contribution is 1.96. The van der Waals surface area contributed by atoms with E-state index in [4.69, 9.17) is 4.84 Å². The summed E-state index contributed by atoms with van der Waals surface area (Å²) in [5.41, 5.74) is 1.07. The van der Waals surface area contributed by atoms with Gasteiger partial charge in [-0.2, -0.15) is 0 Å². The summed E-state index contributed by atoms with van der Waals surface area (Å²) >= 11 is 0. The van der Waals surface area contributed by atoms with E-state index in [9.17, 15) is 0 Å². The molecular formula is C5H5N2O+. The van der Waals surface area contributed by atoms with Crippen molar-refractivity contribution in [2.75, 3.05) is 0 Å². The number of nitrogens with one attached hydrogen (secondary N) is 1. The summed E-state index contributed by atoms with van der Waals surface area (Å²) in [4.78, 5) is 8.86. The van der Waals surface area contributed by atoms with E-state index < -0.39 is 0 Å². The van der Waals surface area contributed by atoms with Crippen molar-refractivity contribution in [1.29, 1.82) is 0 Å². The third kappa shape index (κ3) is 0.338. The van der Waals surface area contributed by atoms with Crippen LogP contribution in [0.5, 0.6) is 0 Å². The zero-order chi connectivity index (χ0) is 5.40. The average molecular weight is 109 g/mol. The number of rotatable bonds is 0. The molecule has 2 rings (SSSR count). The van der Waals surface area contributed by atoms with Crippen LogP contribution in [0.2, 0.25) is 0 Å². The van der Waals surface area contributed by atoms with Gasteiger partial charge in [0.15, 0.2) is 6.26 Å². The summed E-state index contributed by atoms with van der Waals surface area (Å²) in [6.07, 6.45) is 7.03. The number of hydrogen-bond acceptors (Lipinski definition) is 2. The minimum atomic E-state index is 0.866. The van der Waals surface area contributed by atoms with E-state index in [1.165, 1.54) is 0 Å². The Labute approximate surface area is 46.5 Å². The summed E-state index contributed by atoms with van der Waals surface area (Å²) in [7, 11) is 0. The molecule has 0 aliphatic carbocycles. The molecule has 8 heavy (non-hydrogen) atoms. The van der Waals surface area contributed by atoms with Crippen LogP contribution in [0, 0.1) is 0 Å². The first-order chi connectivity index (χ1) is 3.97. The number of aliphatic imine (C=N–C) groups is 1. The van der Waals surface area contributed by atoms with Gasteiger partial charge in [-0.3, -0.25) is 0 Å². The highest BCUT2D eigenvalue weighted by molar-refractivity contribution is 5.50. The van der Waals surface area contributed by atoms with Crippen molar-refractivity contribution in [3.05, 3.63) is 24.2 Å². The highest BCUT2D eigenvalue weighted by Gasteiger charge is 2.20. The molecule has 2 heterocycles. The first-order valence-corrected chi connectivity index (χ1v) is 2.41. The van der Waals surface area contributed by atoms with Crippen LogP contribution in [0.15, 0.2) is 29.2 Å². The van der Waals surface area contributed by atoms with Gasteiger partial charge in [0.1, 0.15) is 0 Å². The fraction of sp³-hybridized carbons (Fsp3) is 0. The molecule has 2 aliphatic rings. The summed E-state index contributed by atoms with van der Waals surface area (Å²) in [6, 6.07) is 0. The largest absolute Gasteiger partial charge is 0.313 e. The van der Waals surface area contributed by atoms with Gasteiger partial charge in [0.05, 0.1) is 6.20 Å². The molecule has 0 saturated carbocycles. The van der Waals surface area contributed by atoms with Crippen LogP contribution in [0.3, 0.4) is 0 Å². The lowest BCUT2D eigenvalue weighted by Crippen LogP contribution is -3.05. The summed E-state index contributed by atoms with van der Waals surface area (Å²) in [5, 5.41) is 0.866. The minimum Gasteiger partial charge on any atom is -0.313 e. The normalized spacial score (nSPS) is 30.0. The minimum absolute atomic E-state index is 0.866. The maximum Gasteiger partial charge on any atom is 0.235 e. The second-order valence-corrected chi connectivity index (χ2v) is 1.65. The van der Waals surface area contributed by atoms with Crippen LogP contribution in [0.1, 0.15) is 0 Å². The lowest BCUT2D eigenvalue weighted by molar-refractivity contribution is -0.954. The van der Waals surface area contributed by atoms with Crippen molar-refractivity contribution in [2.45, 2.75) is 0 Å². The van der Waals surface area contributed by atoms with Crippen molar-refractivity contribution in [2.24, 2.45) is 4.99 Å². The zero-order valence-electron chi connectivity index (χ0n) is 4.16. The maximum atomic E-state index is 5.00. The zero-order valence-corrected chi connectivity index (χ0v) is 4.16. The molecule has 0 saturated heterocycles. The van der Waals surface area contributed by atoms with Crippen molar-refractivity contribution in [3.8, 4) is 0 Å². The van der Waals surface area contributed by atoms with Crippen LogP contribution in [0.25, 0.3) is 0 Å². The molecular weight excluding hydrogens is 104 g/mol. The molecule has 0 aromatic rings. The monoisotopic (exact) mass is 109 g/mol. The van der Waals surface area contributed by atoms with Gasteiger partial charge < -0.3 is 4.84 Å². The number of hydroxylamine groups is 2. The smallest absolute Gasteiger partial charge is 0.235 e. The number of nitrogens with zero attached hydrogens (tertiary/aromatic N) is 1. The van der Waals surface area contributed by atoms with Crippen molar-refractivity contribution in [1.82, 2.24) is 0 Å². The Bertz CT molecular complexity index is 193. The topological polar surface area (TPSA) is 26.0 Å². The van der Waals surface area contributed by atoms with Gasteiger partial charge in [0.25, 0.3) is 0 Å². The first-order valence-electron chi connectivity index (χ1n) is 2.41. The van der Waals surface area contributed by atoms with E-state index >= 15 is 0 Å².